The monoisotopic (exact) mass is 544 g/mol. The zero-order chi connectivity index (χ0) is 28.1. The summed E-state index contributed by atoms with van der Waals surface area (Å²) in [5.41, 5.74) is -0.613. The predicted octanol–water partition coefficient (Wildman–Crippen LogP) is 9.40. The molecule has 0 amide bonds. The lowest BCUT2D eigenvalue weighted by molar-refractivity contribution is -0.158. The van der Waals surface area contributed by atoms with E-state index >= 15 is 4.39 Å². The van der Waals surface area contributed by atoms with Crippen molar-refractivity contribution in [1.29, 1.82) is 0 Å². The fraction of sp³-hybridized carbons (Fsp3) is 0.606. The van der Waals surface area contributed by atoms with E-state index in [1.807, 2.05) is 37.3 Å². The van der Waals surface area contributed by atoms with Crippen molar-refractivity contribution < 1.29 is 28.2 Å². The summed E-state index contributed by atoms with van der Waals surface area (Å²) in [6.45, 7) is 4.90. The molecule has 2 aromatic rings. The van der Waals surface area contributed by atoms with Crippen LogP contribution in [-0.2, 0) is 4.79 Å². The molecule has 0 aromatic heterocycles. The van der Waals surface area contributed by atoms with Crippen LogP contribution in [0.25, 0.3) is 11.1 Å². The highest BCUT2D eigenvalue weighted by atomic mass is 19.1. The first-order chi connectivity index (χ1) is 18.9. The number of ether oxygens (including phenoxy) is 2. The van der Waals surface area contributed by atoms with Gasteiger partial charge in [-0.15, -0.1) is 0 Å². The summed E-state index contributed by atoms with van der Waals surface area (Å²) in [4.78, 5) is 11.9. The topological polar surface area (TPSA) is 55.8 Å². The molecule has 1 saturated carbocycles. The van der Waals surface area contributed by atoms with Crippen LogP contribution in [0.1, 0.15) is 97.3 Å². The Balaban J connectivity index is 1.51. The summed E-state index contributed by atoms with van der Waals surface area (Å²) in [6.07, 6.45) is 11.6. The maximum atomic E-state index is 15.7. The number of hydrogen-bond donors (Lipinski definition) is 1. The van der Waals surface area contributed by atoms with Crippen LogP contribution in [-0.4, -0.2) is 30.0 Å². The highest BCUT2D eigenvalue weighted by Gasteiger charge is 2.47. The molecule has 4 nitrogen and oxygen atoms in total. The molecule has 2 atom stereocenters. The molecule has 0 bridgehead atoms. The van der Waals surface area contributed by atoms with Gasteiger partial charge in [0.1, 0.15) is 5.75 Å². The quantitative estimate of drug-likeness (QED) is 0.202. The third-order valence-corrected chi connectivity index (χ3v) is 8.13. The van der Waals surface area contributed by atoms with E-state index in [4.69, 9.17) is 9.47 Å². The Morgan fingerprint density at radius 2 is 1.62 bits per heavy atom. The number of carbonyl (C=O) groups is 1. The predicted molar refractivity (Wildman–Crippen MR) is 153 cm³/mol. The highest BCUT2D eigenvalue weighted by molar-refractivity contribution is 5.77. The molecule has 1 unspecified atom stereocenters. The van der Waals surface area contributed by atoms with Crippen molar-refractivity contribution in [3.05, 3.63) is 48.3 Å². The summed E-state index contributed by atoms with van der Waals surface area (Å²) in [7, 11) is 0. The number of carboxylic acids is 1. The van der Waals surface area contributed by atoms with Gasteiger partial charge in [-0.05, 0) is 73.4 Å². The molecular formula is C33H46F2O4. The van der Waals surface area contributed by atoms with Gasteiger partial charge in [-0.2, -0.15) is 0 Å². The zero-order valence-corrected chi connectivity index (χ0v) is 23.7. The molecule has 1 aliphatic rings. The largest absolute Gasteiger partial charge is 0.493 e. The zero-order valence-electron chi connectivity index (χ0n) is 23.7. The Morgan fingerprint density at radius 1 is 0.949 bits per heavy atom. The first-order valence-corrected chi connectivity index (χ1v) is 14.9. The van der Waals surface area contributed by atoms with Crippen molar-refractivity contribution in [2.75, 3.05) is 13.2 Å². The summed E-state index contributed by atoms with van der Waals surface area (Å²) in [5.74, 6) is -1.46. The summed E-state index contributed by atoms with van der Waals surface area (Å²) in [6, 6.07) is 12.4. The minimum absolute atomic E-state index is 0.0336. The van der Waals surface area contributed by atoms with E-state index in [1.165, 1.54) is 31.7 Å². The van der Waals surface area contributed by atoms with E-state index in [2.05, 4.69) is 6.92 Å². The average Bonchev–Trinajstić information content (AvgIpc) is 2.96. The van der Waals surface area contributed by atoms with Gasteiger partial charge in [-0.1, -0.05) is 83.4 Å². The van der Waals surface area contributed by atoms with Crippen molar-refractivity contribution >= 4 is 5.97 Å². The fourth-order valence-electron chi connectivity index (χ4n) is 5.55. The van der Waals surface area contributed by atoms with Gasteiger partial charge in [0.2, 0.25) is 5.67 Å². The highest BCUT2D eigenvalue weighted by Crippen LogP contribution is 2.40. The lowest BCUT2D eigenvalue weighted by Gasteiger charge is -2.35. The summed E-state index contributed by atoms with van der Waals surface area (Å²) >= 11 is 0. The van der Waals surface area contributed by atoms with Gasteiger partial charge in [0.15, 0.2) is 11.6 Å². The Labute approximate surface area is 233 Å². The Hall–Kier alpha value is -2.63. The molecule has 0 heterocycles. The fourth-order valence-corrected chi connectivity index (χ4v) is 5.55. The van der Waals surface area contributed by atoms with Gasteiger partial charge in [-0.25, -0.2) is 13.6 Å². The van der Waals surface area contributed by atoms with Crippen molar-refractivity contribution in [3.63, 3.8) is 0 Å². The second-order valence-electron chi connectivity index (χ2n) is 11.1. The molecule has 1 fully saturated rings. The molecule has 216 valence electrons. The molecule has 39 heavy (non-hydrogen) atoms. The average molecular weight is 545 g/mol. The summed E-state index contributed by atoms with van der Waals surface area (Å²) < 4.78 is 41.9. The number of unbranched alkanes of at least 4 members (excludes halogenated alkanes) is 5. The van der Waals surface area contributed by atoms with Crippen LogP contribution >= 0.6 is 0 Å². The molecule has 3 rings (SSSR count). The van der Waals surface area contributed by atoms with Crippen LogP contribution < -0.4 is 9.47 Å². The molecule has 1 N–H and O–H groups in total. The first kappa shape index (κ1) is 30.9. The van der Waals surface area contributed by atoms with Gasteiger partial charge in [0.05, 0.1) is 13.2 Å². The Bertz CT molecular complexity index is 1000. The van der Waals surface area contributed by atoms with E-state index in [-0.39, 0.29) is 30.5 Å². The SMILES string of the molecule is CCCCCCCCOc1ccc(-c2ccc(OCC(CC)C[C@@](F)(C(=O)O)C3CCCCC3)cc2)cc1F. The third kappa shape index (κ3) is 9.22. The van der Waals surface area contributed by atoms with Gasteiger partial charge in [0, 0.05) is 5.92 Å². The van der Waals surface area contributed by atoms with Crippen LogP contribution in [0.5, 0.6) is 11.5 Å². The summed E-state index contributed by atoms with van der Waals surface area (Å²) in [5, 5.41) is 9.73. The smallest absolute Gasteiger partial charge is 0.341 e. The van der Waals surface area contributed by atoms with E-state index in [1.54, 1.807) is 6.07 Å². The van der Waals surface area contributed by atoms with Gasteiger partial charge >= 0.3 is 5.97 Å². The first-order valence-electron chi connectivity index (χ1n) is 14.9. The van der Waals surface area contributed by atoms with Crippen molar-refractivity contribution in [2.45, 2.75) is 103 Å². The number of carboxylic acid groups (broad SMARTS) is 1. The molecule has 0 saturated heterocycles. The lowest BCUT2D eigenvalue weighted by Crippen LogP contribution is -2.44. The van der Waals surface area contributed by atoms with Gasteiger partial charge in [0.25, 0.3) is 0 Å². The van der Waals surface area contributed by atoms with Crippen molar-refractivity contribution in [3.8, 4) is 22.6 Å². The number of hydrogen-bond acceptors (Lipinski definition) is 3. The maximum Gasteiger partial charge on any atom is 0.341 e. The second-order valence-corrected chi connectivity index (χ2v) is 11.1. The number of alkyl halides is 1. The number of rotatable bonds is 17. The molecule has 1 aliphatic carbocycles. The molecule has 6 heteroatoms. The number of halogens is 2. The van der Waals surface area contributed by atoms with Gasteiger partial charge in [-0.3, -0.25) is 0 Å². The number of benzene rings is 2. The minimum atomic E-state index is -2.21. The standard InChI is InChI=1S/C33H46F2O4/c1-3-5-6-7-8-12-21-38-31-20-17-27(22-30(31)34)26-15-18-29(19-16-26)39-24-25(4-2)23-33(35,32(36)37)28-13-10-9-11-14-28/h15-20,22,25,28H,3-14,21,23-24H2,1-2H3,(H,36,37)/t25?,33-/m0/s1. The van der Waals surface area contributed by atoms with Crippen molar-refractivity contribution in [1.82, 2.24) is 0 Å². The lowest BCUT2D eigenvalue weighted by atomic mass is 9.74. The number of aliphatic carboxylic acids is 1. The Morgan fingerprint density at radius 3 is 2.26 bits per heavy atom. The van der Waals surface area contributed by atoms with E-state index in [0.717, 1.165) is 43.2 Å². The van der Waals surface area contributed by atoms with Crippen LogP contribution in [0, 0.1) is 17.7 Å². The molecule has 0 spiro atoms. The minimum Gasteiger partial charge on any atom is -0.493 e. The molecular weight excluding hydrogens is 498 g/mol. The van der Waals surface area contributed by atoms with E-state index in [9.17, 15) is 14.3 Å². The van der Waals surface area contributed by atoms with Crippen LogP contribution in [0.4, 0.5) is 8.78 Å². The van der Waals surface area contributed by atoms with Crippen molar-refractivity contribution in [2.24, 2.45) is 11.8 Å². The van der Waals surface area contributed by atoms with Crippen LogP contribution in [0.3, 0.4) is 0 Å². The molecule has 0 aliphatic heterocycles. The normalized spacial score (nSPS) is 16.4. The molecule has 2 aromatic carbocycles. The van der Waals surface area contributed by atoms with E-state index in [0.29, 0.717) is 31.6 Å². The van der Waals surface area contributed by atoms with Crippen LogP contribution in [0.2, 0.25) is 0 Å². The Kier molecular flexibility index (Phi) is 12.5. The van der Waals surface area contributed by atoms with Crippen LogP contribution in [0.15, 0.2) is 42.5 Å². The van der Waals surface area contributed by atoms with Gasteiger partial charge < -0.3 is 14.6 Å². The molecule has 0 radical (unpaired) electrons. The second kappa shape index (κ2) is 15.8. The third-order valence-electron chi connectivity index (χ3n) is 8.13. The van der Waals surface area contributed by atoms with E-state index < -0.39 is 17.6 Å². The maximum absolute atomic E-state index is 15.7.